The Morgan fingerprint density at radius 2 is 2.00 bits per heavy atom. The van der Waals surface area contributed by atoms with Crippen LogP contribution in [0.3, 0.4) is 0 Å². The molecule has 0 heterocycles. The third-order valence-electron chi connectivity index (χ3n) is 5.19. The second-order valence-electron chi connectivity index (χ2n) is 7.03. The second-order valence-corrected chi connectivity index (χ2v) is 7.03. The molecular weight excluding hydrogens is 300 g/mol. The number of ether oxygens (including phenoxy) is 1. The van der Waals surface area contributed by atoms with Crippen LogP contribution >= 0.6 is 0 Å². The highest BCUT2D eigenvalue weighted by molar-refractivity contribution is 5.81. The van der Waals surface area contributed by atoms with E-state index < -0.39 is 6.10 Å². The van der Waals surface area contributed by atoms with Gasteiger partial charge in [-0.25, -0.2) is 0 Å². The van der Waals surface area contributed by atoms with E-state index in [-0.39, 0.29) is 11.9 Å². The number of nitrogens with two attached hydrogens (primary N) is 1. The zero-order valence-corrected chi connectivity index (χ0v) is 15.1. The number of amides is 1. The molecule has 0 saturated heterocycles. The number of aryl methyl sites for hydroxylation is 1. The zero-order valence-electron chi connectivity index (χ0n) is 15.1. The molecule has 24 heavy (non-hydrogen) atoms. The molecule has 1 amide bonds. The lowest BCUT2D eigenvalue weighted by molar-refractivity contribution is -0.132. The Morgan fingerprint density at radius 1 is 1.29 bits per heavy atom. The van der Waals surface area contributed by atoms with Gasteiger partial charge in [-0.15, -0.1) is 0 Å². The van der Waals surface area contributed by atoms with Crippen LogP contribution < -0.4 is 11.1 Å². The standard InChI is InChI=1S/C20H32N2O2/c1-15-8-6-7-11-17(15)12-13-22-20(23)19(24-2)18(21)14-16-9-4-3-5-10-16/h6-8,11,16,18-19H,3-5,9-10,12-14,21H2,1-2H3,(H,22,23)/t18-,19?/m1/s1. The summed E-state index contributed by atoms with van der Waals surface area (Å²) in [4.78, 5) is 12.4. The molecule has 1 unspecified atom stereocenters. The van der Waals surface area contributed by atoms with Gasteiger partial charge < -0.3 is 15.8 Å². The number of nitrogens with one attached hydrogen (secondary N) is 1. The highest BCUT2D eigenvalue weighted by atomic mass is 16.5. The maximum atomic E-state index is 12.4. The molecule has 2 rings (SSSR count). The van der Waals surface area contributed by atoms with E-state index in [1.807, 2.05) is 12.1 Å². The third kappa shape index (κ3) is 5.60. The second kappa shape index (κ2) is 9.80. The summed E-state index contributed by atoms with van der Waals surface area (Å²) in [5.74, 6) is 0.556. The van der Waals surface area contributed by atoms with Crippen molar-refractivity contribution >= 4 is 5.91 Å². The first-order valence-corrected chi connectivity index (χ1v) is 9.22. The van der Waals surface area contributed by atoms with Crippen LogP contribution in [0.25, 0.3) is 0 Å². The summed E-state index contributed by atoms with van der Waals surface area (Å²) >= 11 is 0. The first-order chi connectivity index (χ1) is 11.6. The molecule has 0 radical (unpaired) electrons. The molecule has 1 aromatic rings. The maximum Gasteiger partial charge on any atom is 0.250 e. The van der Waals surface area contributed by atoms with Crippen LogP contribution in [0.15, 0.2) is 24.3 Å². The Balaban J connectivity index is 1.78. The van der Waals surface area contributed by atoms with Gasteiger partial charge in [0.1, 0.15) is 0 Å². The van der Waals surface area contributed by atoms with Crippen LogP contribution in [0.2, 0.25) is 0 Å². The van der Waals surface area contributed by atoms with Gasteiger partial charge in [0, 0.05) is 19.7 Å². The molecule has 0 bridgehead atoms. The van der Waals surface area contributed by atoms with Crippen LogP contribution in [0.4, 0.5) is 0 Å². The minimum absolute atomic E-state index is 0.0885. The zero-order chi connectivity index (χ0) is 17.4. The van der Waals surface area contributed by atoms with Gasteiger partial charge in [-0.05, 0) is 36.8 Å². The smallest absolute Gasteiger partial charge is 0.250 e. The van der Waals surface area contributed by atoms with Gasteiger partial charge in [-0.1, -0.05) is 56.4 Å². The predicted octanol–water partition coefficient (Wildman–Crippen LogP) is 2.97. The van der Waals surface area contributed by atoms with Crippen LogP contribution in [0.5, 0.6) is 0 Å². The molecule has 4 nitrogen and oxygen atoms in total. The summed E-state index contributed by atoms with van der Waals surface area (Å²) in [5, 5.41) is 2.98. The average Bonchev–Trinajstić information content (AvgIpc) is 2.58. The predicted molar refractivity (Wildman–Crippen MR) is 97.9 cm³/mol. The summed E-state index contributed by atoms with van der Waals surface area (Å²) in [5.41, 5.74) is 8.80. The van der Waals surface area contributed by atoms with Gasteiger partial charge in [0.05, 0.1) is 0 Å². The summed E-state index contributed by atoms with van der Waals surface area (Å²) in [6.45, 7) is 2.70. The summed E-state index contributed by atoms with van der Waals surface area (Å²) in [6.07, 6.45) is 7.53. The lowest BCUT2D eigenvalue weighted by Crippen LogP contribution is -2.48. The molecule has 0 aromatic heterocycles. The van der Waals surface area contributed by atoms with E-state index in [4.69, 9.17) is 10.5 Å². The average molecular weight is 332 g/mol. The van der Waals surface area contributed by atoms with Crippen molar-refractivity contribution in [2.75, 3.05) is 13.7 Å². The number of hydrogen-bond donors (Lipinski definition) is 2. The van der Waals surface area contributed by atoms with Crippen molar-refractivity contribution in [2.24, 2.45) is 11.7 Å². The molecule has 4 heteroatoms. The van der Waals surface area contributed by atoms with Gasteiger partial charge in [0.15, 0.2) is 6.10 Å². The highest BCUT2D eigenvalue weighted by Gasteiger charge is 2.28. The van der Waals surface area contributed by atoms with Crippen LogP contribution in [-0.2, 0) is 16.0 Å². The number of benzene rings is 1. The Labute approximate surface area is 146 Å². The largest absolute Gasteiger partial charge is 0.370 e. The van der Waals surface area contributed by atoms with E-state index >= 15 is 0 Å². The molecule has 1 aromatic carbocycles. The SMILES string of the molecule is COC(C(=O)NCCc1ccccc1C)[C@H](N)CC1CCCCC1. The quantitative estimate of drug-likeness (QED) is 0.769. The van der Waals surface area contributed by atoms with Gasteiger partial charge >= 0.3 is 0 Å². The first-order valence-electron chi connectivity index (χ1n) is 9.22. The van der Waals surface area contributed by atoms with Gasteiger partial charge in [-0.2, -0.15) is 0 Å². The van der Waals surface area contributed by atoms with E-state index in [0.717, 1.165) is 12.8 Å². The molecular formula is C20H32N2O2. The lowest BCUT2D eigenvalue weighted by atomic mass is 9.84. The van der Waals surface area contributed by atoms with Gasteiger partial charge in [-0.3, -0.25) is 4.79 Å². The van der Waals surface area contributed by atoms with Crippen molar-refractivity contribution < 1.29 is 9.53 Å². The molecule has 3 N–H and O–H groups in total. The third-order valence-corrected chi connectivity index (χ3v) is 5.19. The maximum absolute atomic E-state index is 12.4. The normalized spacial score (nSPS) is 18.1. The fraction of sp³-hybridized carbons (Fsp3) is 0.650. The Kier molecular flexibility index (Phi) is 7.73. The summed E-state index contributed by atoms with van der Waals surface area (Å²) in [6, 6.07) is 8.03. The molecule has 1 fully saturated rings. The number of carbonyl (C=O) groups is 1. The van der Waals surface area contributed by atoms with E-state index in [1.54, 1.807) is 7.11 Å². The molecule has 0 spiro atoms. The van der Waals surface area contributed by atoms with Crippen LogP contribution in [0, 0.1) is 12.8 Å². The Hall–Kier alpha value is -1.39. The van der Waals surface area contributed by atoms with Crippen molar-refractivity contribution in [3.8, 4) is 0 Å². The monoisotopic (exact) mass is 332 g/mol. The minimum atomic E-state index is -0.552. The number of rotatable bonds is 8. The topological polar surface area (TPSA) is 64.3 Å². The van der Waals surface area contributed by atoms with E-state index in [9.17, 15) is 4.79 Å². The summed E-state index contributed by atoms with van der Waals surface area (Å²) < 4.78 is 5.40. The fourth-order valence-electron chi connectivity index (χ4n) is 3.72. The van der Waals surface area contributed by atoms with E-state index in [2.05, 4.69) is 24.4 Å². The fourth-order valence-corrected chi connectivity index (χ4v) is 3.72. The van der Waals surface area contributed by atoms with Crippen molar-refractivity contribution in [1.29, 1.82) is 0 Å². The molecule has 0 aliphatic heterocycles. The van der Waals surface area contributed by atoms with Crippen LogP contribution in [-0.4, -0.2) is 31.7 Å². The molecule has 134 valence electrons. The molecule has 1 saturated carbocycles. The Bertz CT molecular complexity index is 512. The van der Waals surface area contributed by atoms with Crippen molar-refractivity contribution in [3.05, 3.63) is 35.4 Å². The lowest BCUT2D eigenvalue weighted by Gasteiger charge is -2.28. The number of hydrogen-bond acceptors (Lipinski definition) is 3. The van der Waals surface area contributed by atoms with E-state index in [0.29, 0.717) is 12.5 Å². The first kappa shape index (κ1) is 18.9. The van der Waals surface area contributed by atoms with Crippen LogP contribution in [0.1, 0.15) is 49.7 Å². The highest BCUT2D eigenvalue weighted by Crippen LogP contribution is 2.27. The Morgan fingerprint density at radius 3 is 2.67 bits per heavy atom. The molecule has 1 aliphatic carbocycles. The van der Waals surface area contributed by atoms with Gasteiger partial charge in [0.25, 0.3) is 5.91 Å². The number of carbonyl (C=O) groups excluding carboxylic acids is 1. The van der Waals surface area contributed by atoms with Gasteiger partial charge in [0.2, 0.25) is 0 Å². The van der Waals surface area contributed by atoms with Crippen molar-refractivity contribution in [3.63, 3.8) is 0 Å². The van der Waals surface area contributed by atoms with Crippen molar-refractivity contribution in [1.82, 2.24) is 5.32 Å². The summed E-state index contributed by atoms with van der Waals surface area (Å²) in [7, 11) is 1.58. The van der Waals surface area contributed by atoms with Crippen molar-refractivity contribution in [2.45, 2.75) is 64.0 Å². The number of methoxy groups -OCH3 is 1. The molecule has 2 atom stereocenters. The molecule has 1 aliphatic rings. The van der Waals surface area contributed by atoms with E-state index in [1.165, 1.54) is 43.2 Å². The minimum Gasteiger partial charge on any atom is -0.370 e.